The number of fused-ring (bicyclic) bond motifs is 3. The zero-order valence-corrected chi connectivity index (χ0v) is 17.7. The maximum absolute atomic E-state index is 5.73. The van der Waals surface area contributed by atoms with E-state index in [0.717, 1.165) is 55.3 Å². The minimum atomic E-state index is 0.224. The Balaban J connectivity index is 1.38. The first kappa shape index (κ1) is 18.3. The van der Waals surface area contributed by atoms with Crippen LogP contribution >= 0.6 is 0 Å². The Hall–Kier alpha value is -2.44. The van der Waals surface area contributed by atoms with Gasteiger partial charge in [0.2, 0.25) is 0 Å². The van der Waals surface area contributed by atoms with Gasteiger partial charge in [-0.15, -0.1) is 0 Å². The molecule has 1 aliphatic carbocycles. The highest BCUT2D eigenvalue weighted by molar-refractivity contribution is 5.87. The molecule has 6 rings (SSSR count). The fourth-order valence-corrected chi connectivity index (χ4v) is 5.83. The number of likely N-dealkylation sites (tertiary alicyclic amines) is 1. The largest absolute Gasteiger partial charge is 0.381 e. The van der Waals surface area contributed by atoms with Crippen LogP contribution in [0.15, 0.2) is 30.6 Å². The van der Waals surface area contributed by atoms with Crippen molar-refractivity contribution >= 4 is 16.9 Å². The molecule has 2 fully saturated rings. The average molecular weight is 404 g/mol. The highest BCUT2D eigenvalue weighted by Gasteiger charge is 2.43. The summed E-state index contributed by atoms with van der Waals surface area (Å²) in [6.45, 7) is 8.41. The number of rotatable bonds is 3. The summed E-state index contributed by atoms with van der Waals surface area (Å²) < 4.78 is 5.73. The molecule has 0 amide bonds. The molecule has 6 nitrogen and oxygen atoms in total. The second-order valence-corrected chi connectivity index (χ2v) is 9.38. The molecular formula is C24H29N5O. The first-order valence-electron chi connectivity index (χ1n) is 11.1. The van der Waals surface area contributed by atoms with Gasteiger partial charge in [0, 0.05) is 36.7 Å². The number of aromatic amines is 1. The molecule has 1 aromatic carbocycles. The Morgan fingerprint density at radius 3 is 2.77 bits per heavy atom. The van der Waals surface area contributed by atoms with Crippen LogP contribution in [0.1, 0.15) is 34.8 Å². The van der Waals surface area contributed by atoms with Crippen molar-refractivity contribution in [2.75, 3.05) is 31.6 Å². The molecule has 30 heavy (non-hydrogen) atoms. The standard InChI is InChI=1S/C24H29N5O/c1-14-3-5-19-16(7-14)4-6-21(29-9-17-11-30-12-18(17)10-29)22(19)28-24-20-8-15(2)27-23(20)25-13-26-24/h3,5,7-8,13,17-18,21-22H,4,6,9-12H2,1-2H3,(H2,25,26,27,28)/t17-,18+,21-,22-/m0/s1. The maximum atomic E-state index is 5.73. The number of nitrogens with one attached hydrogen (secondary N) is 2. The quantitative estimate of drug-likeness (QED) is 0.699. The Bertz CT molecular complexity index is 1080. The molecule has 2 aliphatic heterocycles. The normalized spacial score (nSPS) is 28.6. The highest BCUT2D eigenvalue weighted by atomic mass is 16.5. The monoisotopic (exact) mass is 403 g/mol. The molecule has 3 aromatic rings. The van der Waals surface area contributed by atoms with E-state index in [1.54, 1.807) is 6.33 Å². The molecule has 2 saturated heterocycles. The number of ether oxygens (including phenoxy) is 1. The summed E-state index contributed by atoms with van der Waals surface area (Å²) in [4.78, 5) is 15.1. The minimum absolute atomic E-state index is 0.224. The molecule has 4 atom stereocenters. The van der Waals surface area contributed by atoms with Crippen molar-refractivity contribution < 1.29 is 4.74 Å². The van der Waals surface area contributed by atoms with E-state index in [0.29, 0.717) is 17.9 Å². The molecule has 4 heterocycles. The van der Waals surface area contributed by atoms with Crippen molar-refractivity contribution in [1.29, 1.82) is 0 Å². The molecule has 2 aromatic heterocycles. The molecule has 0 unspecified atom stereocenters. The van der Waals surface area contributed by atoms with Gasteiger partial charge in [0.15, 0.2) is 0 Å². The lowest BCUT2D eigenvalue weighted by molar-refractivity contribution is 0.127. The fraction of sp³-hybridized carbons (Fsp3) is 0.500. The van der Waals surface area contributed by atoms with Gasteiger partial charge in [-0.1, -0.05) is 23.8 Å². The van der Waals surface area contributed by atoms with E-state index in [2.05, 4.69) is 63.3 Å². The fourth-order valence-electron chi connectivity index (χ4n) is 5.83. The van der Waals surface area contributed by atoms with Crippen LogP contribution in [0.5, 0.6) is 0 Å². The second kappa shape index (κ2) is 7.06. The van der Waals surface area contributed by atoms with Crippen LogP contribution in [-0.2, 0) is 11.2 Å². The smallest absolute Gasteiger partial charge is 0.143 e. The minimum Gasteiger partial charge on any atom is -0.381 e. The van der Waals surface area contributed by atoms with Crippen molar-refractivity contribution in [2.45, 2.75) is 38.8 Å². The summed E-state index contributed by atoms with van der Waals surface area (Å²) in [5.41, 5.74) is 6.24. The number of H-pyrrole nitrogens is 1. The molecule has 156 valence electrons. The SMILES string of the molecule is Cc1ccc2c(c1)CC[C@H](N1C[C@H]3COC[C@H]3C1)[C@H]2Nc1ncnc2[nH]c(C)cc12. The molecule has 6 heteroatoms. The van der Waals surface area contributed by atoms with Gasteiger partial charge < -0.3 is 15.0 Å². The summed E-state index contributed by atoms with van der Waals surface area (Å²) >= 11 is 0. The Labute approximate surface area is 177 Å². The van der Waals surface area contributed by atoms with Crippen LogP contribution in [0.25, 0.3) is 11.0 Å². The Morgan fingerprint density at radius 1 is 1.10 bits per heavy atom. The molecule has 2 N–H and O–H groups in total. The van der Waals surface area contributed by atoms with Gasteiger partial charge in [0.25, 0.3) is 0 Å². The van der Waals surface area contributed by atoms with Crippen molar-refractivity contribution in [2.24, 2.45) is 11.8 Å². The van der Waals surface area contributed by atoms with E-state index < -0.39 is 0 Å². The molecule has 0 radical (unpaired) electrons. The highest BCUT2D eigenvalue weighted by Crippen LogP contribution is 2.40. The summed E-state index contributed by atoms with van der Waals surface area (Å²) in [5.74, 6) is 2.32. The zero-order valence-electron chi connectivity index (χ0n) is 17.7. The van der Waals surface area contributed by atoms with E-state index >= 15 is 0 Å². The lowest BCUT2D eigenvalue weighted by atomic mass is 9.82. The van der Waals surface area contributed by atoms with Gasteiger partial charge in [-0.3, -0.25) is 4.90 Å². The van der Waals surface area contributed by atoms with Gasteiger partial charge in [-0.05, 0) is 43.9 Å². The van der Waals surface area contributed by atoms with Crippen LogP contribution in [0.2, 0.25) is 0 Å². The number of nitrogens with zero attached hydrogens (tertiary/aromatic N) is 3. The van der Waals surface area contributed by atoms with Crippen LogP contribution in [-0.4, -0.2) is 52.2 Å². The molecule has 0 saturated carbocycles. The Kier molecular flexibility index (Phi) is 4.32. The third-order valence-corrected chi connectivity index (χ3v) is 7.32. The molecule has 0 bridgehead atoms. The third kappa shape index (κ3) is 3.01. The summed E-state index contributed by atoms with van der Waals surface area (Å²) in [6, 6.07) is 9.78. The maximum Gasteiger partial charge on any atom is 0.143 e. The number of anilines is 1. The van der Waals surface area contributed by atoms with E-state index in [-0.39, 0.29) is 6.04 Å². The lowest BCUT2D eigenvalue weighted by Gasteiger charge is -2.40. The van der Waals surface area contributed by atoms with Crippen molar-refractivity contribution in [3.63, 3.8) is 0 Å². The number of hydrogen-bond donors (Lipinski definition) is 2. The van der Waals surface area contributed by atoms with E-state index in [1.807, 2.05) is 0 Å². The number of aromatic nitrogens is 3. The van der Waals surface area contributed by atoms with Crippen molar-refractivity contribution in [1.82, 2.24) is 19.9 Å². The molecular weight excluding hydrogens is 374 g/mol. The van der Waals surface area contributed by atoms with Crippen LogP contribution < -0.4 is 5.32 Å². The zero-order chi connectivity index (χ0) is 20.2. The van der Waals surface area contributed by atoms with Crippen LogP contribution in [0.3, 0.4) is 0 Å². The second-order valence-electron chi connectivity index (χ2n) is 9.38. The number of aryl methyl sites for hydroxylation is 3. The first-order chi connectivity index (χ1) is 14.7. The molecule has 0 spiro atoms. The first-order valence-corrected chi connectivity index (χ1v) is 11.1. The third-order valence-electron chi connectivity index (χ3n) is 7.32. The van der Waals surface area contributed by atoms with Gasteiger partial charge in [-0.25, -0.2) is 9.97 Å². The number of benzene rings is 1. The van der Waals surface area contributed by atoms with Crippen molar-refractivity contribution in [3.05, 3.63) is 53.0 Å². The van der Waals surface area contributed by atoms with Crippen molar-refractivity contribution in [3.8, 4) is 0 Å². The van der Waals surface area contributed by atoms with Gasteiger partial charge in [0.05, 0.1) is 24.6 Å². The molecule has 3 aliphatic rings. The van der Waals surface area contributed by atoms with Gasteiger partial charge in [-0.2, -0.15) is 0 Å². The lowest BCUT2D eigenvalue weighted by Crippen LogP contribution is -2.44. The van der Waals surface area contributed by atoms with E-state index in [4.69, 9.17) is 4.74 Å². The average Bonchev–Trinajstić information content (AvgIpc) is 3.42. The predicted octanol–water partition coefficient (Wildman–Crippen LogP) is 3.62. The van der Waals surface area contributed by atoms with Crippen LogP contribution in [0, 0.1) is 25.7 Å². The van der Waals surface area contributed by atoms with Gasteiger partial charge >= 0.3 is 0 Å². The summed E-state index contributed by atoms with van der Waals surface area (Å²) in [6.07, 6.45) is 3.98. The Morgan fingerprint density at radius 2 is 1.93 bits per heavy atom. The summed E-state index contributed by atoms with van der Waals surface area (Å²) in [5, 5.41) is 4.93. The summed E-state index contributed by atoms with van der Waals surface area (Å²) in [7, 11) is 0. The van der Waals surface area contributed by atoms with E-state index in [1.165, 1.54) is 23.1 Å². The van der Waals surface area contributed by atoms with Crippen LogP contribution in [0.4, 0.5) is 5.82 Å². The topological polar surface area (TPSA) is 66.1 Å². The van der Waals surface area contributed by atoms with Gasteiger partial charge in [0.1, 0.15) is 17.8 Å². The van der Waals surface area contributed by atoms with E-state index in [9.17, 15) is 0 Å². The number of hydrogen-bond acceptors (Lipinski definition) is 5. The predicted molar refractivity (Wildman–Crippen MR) is 118 cm³/mol.